The minimum atomic E-state index is -2.08. The van der Waals surface area contributed by atoms with Crippen LogP contribution in [0.3, 0.4) is 0 Å². The number of hydrogen-bond acceptors (Lipinski definition) is 7. The molecule has 0 aliphatic carbocycles. The third-order valence-corrected chi connectivity index (χ3v) is 6.93. The summed E-state index contributed by atoms with van der Waals surface area (Å²) in [5, 5.41) is 8.18. The van der Waals surface area contributed by atoms with Gasteiger partial charge in [-0.2, -0.15) is 0 Å². The Kier molecular flexibility index (Phi) is 9.43. The molecule has 3 aromatic rings. The fourth-order valence-electron chi connectivity index (χ4n) is 4.50. The van der Waals surface area contributed by atoms with Crippen molar-refractivity contribution in [2.75, 3.05) is 6.61 Å². The van der Waals surface area contributed by atoms with Gasteiger partial charge in [0.25, 0.3) is 3.79 Å². The maximum Gasteiger partial charge on any atom is 0.265 e. The average Bonchev–Trinajstić information content (AvgIpc) is 2.96. The van der Waals surface area contributed by atoms with Crippen molar-refractivity contribution in [2.45, 2.75) is 54.0 Å². The Labute approximate surface area is 242 Å². The molecule has 10 heteroatoms. The molecule has 0 amide bonds. The molecule has 0 bridgehead atoms. The lowest BCUT2D eigenvalue weighted by Crippen LogP contribution is -2.64. The molecular formula is C29H28Cl3NO6. The van der Waals surface area contributed by atoms with E-state index in [4.69, 9.17) is 68.6 Å². The standard InChI is InChI=1S/C29H28Cl3NO6/c30-29(31,32)28(33)39-27-25(35-17-20-12-6-2-7-13-20)24(34-16-19-10-4-1-5-11-19)23-22(37-27)18-36-26(38-23)21-14-8-3-9-15-21/h1-15,22-27,33H,16-18H2/t22-,23-,24+,25+,26?,27-/m1/s1. The molecule has 6 atom stereocenters. The average molecular weight is 593 g/mol. The Morgan fingerprint density at radius 2 is 1.31 bits per heavy atom. The largest absolute Gasteiger partial charge is 0.445 e. The summed E-state index contributed by atoms with van der Waals surface area (Å²) >= 11 is 17.8. The molecule has 1 unspecified atom stereocenters. The Balaban J connectivity index is 1.44. The smallest absolute Gasteiger partial charge is 0.265 e. The lowest BCUT2D eigenvalue weighted by Gasteiger charge is -2.48. The van der Waals surface area contributed by atoms with Gasteiger partial charge in [-0.25, -0.2) is 0 Å². The maximum atomic E-state index is 8.18. The van der Waals surface area contributed by atoms with Crippen LogP contribution >= 0.6 is 34.8 Å². The fraction of sp³-hybridized carbons (Fsp3) is 0.345. The number of rotatable bonds is 8. The van der Waals surface area contributed by atoms with Crippen molar-refractivity contribution < 1.29 is 28.4 Å². The molecule has 2 heterocycles. The van der Waals surface area contributed by atoms with E-state index in [-0.39, 0.29) is 19.8 Å². The number of hydrogen-bond donors (Lipinski definition) is 1. The summed E-state index contributed by atoms with van der Waals surface area (Å²) in [5.41, 5.74) is 2.78. The zero-order chi connectivity index (χ0) is 27.2. The highest BCUT2D eigenvalue weighted by Gasteiger charge is 2.53. The van der Waals surface area contributed by atoms with Crippen molar-refractivity contribution in [3.8, 4) is 0 Å². The van der Waals surface area contributed by atoms with E-state index in [0.717, 1.165) is 16.7 Å². The molecule has 2 fully saturated rings. The van der Waals surface area contributed by atoms with Gasteiger partial charge in [0.05, 0.1) is 19.8 Å². The van der Waals surface area contributed by atoms with Crippen molar-refractivity contribution in [3.63, 3.8) is 0 Å². The summed E-state index contributed by atoms with van der Waals surface area (Å²) in [7, 11) is 0. The Bertz CT molecular complexity index is 1200. The van der Waals surface area contributed by atoms with Crippen molar-refractivity contribution in [1.82, 2.24) is 0 Å². The van der Waals surface area contributed by atoms with Crippen LogP contribution in [0.15, 0.2) is 91.0 Å². The highest BCUT2D eigenvalue weighted by molar-refractivity contribution is 6.76. The summed E-state index contributed by atoms with van der Waals surface area (Å²) in [4.78, 5) is 0. The van der Waals surface area contributed by atoms with Crippen molar-refractivity contribution in [1.29, 1.82) is 5.41 Å². The van der Waals surface area contributed by atoms with Gasteiger partial charge in [-0.3, -0.25) is 5.41 Å². The third-order valence-electron chi connectivity index (χ3n) is 6.42. The monoisotopic (exact) mass is 591 g/mol. The second kappa shape index (κ2) is 13.0. The zero-order valence-electron chi connectivity index (χ0n) is 20.8. The summed E-state index contributed by atoms with van der Waals surface area (Å²) in [6.45, 7) is 0.716. The first kappa shape index (κ1) is 28.3. The molecule has 39 heavy (non-hydrogen) atoms. The molecule has 2 aliphatic heterocycles. The first-order valence-electron chi connectivity index (χ1n) is 12.5. The SMILES string of the molecule is N=C(O[C@H]1O[C@@H]2COC(c3ccccc3)O[C@H]2[C@H](OCc2ccccc2)[C@@H]1OCc1ccccc1)C(Cl)(Cl)Cl. The predicted octanol–water partition coefficient (Wildman–Crippen LogP) is 6.36. The number of nitrogens with one attached hydrogen (secondary N) is 1. The summed E-state index contributed by atoms with van der Waals surface area (Å²) in [5.74, 6) is -0.592. The first-order valence-corrected chi connectivity index (χ1v) is 13.6. The van der Waals surface area contributed by atoms with Crippen LogP contribution in [-0.4, -0.2) is 47.0 Å². The Hall–Kier alpha value is -2.20. The van der Waals surface area contributed by atoms with Crippen molar-refractivity contribution in [2.24, 2.45) is 0 Å². The van der Waals surface area contributed by atoms with E-state index in [1.807, 2.05) is 91.0 Å². The van der Waals surface area contributed by atoms with E-state index in [9.17, 15) is 0 Å². The number of alkyl halides is 3. The molecule has 7 nitrogen and oxygen atoms in total. The van der Waals surface area contributed by atoms with Gasteiger partial charge in [-0.15, -0.1) is 0 Å². The number of benzene rings is 3. The number of halogens is 3. The van der Waals surface area contributed by atoms with Crippen LogP contribution in [0.25, 0.3) is 0 Å². The van der Waals surface area contributed by atoms with E-state index in [1.165, 1.54) is 0 Å². The third kappa shape index (κ3) is 7.31. The summed E-state index contributed by atoms with van der Waals surface area (Å²) in [6.07, 6.45) is -4.41. The minimum Gasteiger partial charge on any atom is -0.445 e. The maximum absolute atomic E-state index is 8.18. The van der Waals surface area contributed by atoms with Crippen molar-refractivity contribution in [3.05, 3.63) is 108 Å². The van der Waals surface area contributed by atoms with Gasteiger partial charge in [0, 0.05) is 5.56 Å². The first-order chi connectivity index (χ1) is 18.9. The Morgan fingerprint density at radius 1 is 0.769 bits per heavy atom. The molecule has 0 saturated carbocycles. The van der Waals surface area contributed by atoms with Gasteiger partial charge in [-0.05, 0) is 11.1 Å². The van der Waals surface area contributed by atoms with Crippen LogP contribution in [-0.2, 0) is 41.6 Å². The van der Waals surface area contributed by atoms with Gasteiger partial charge in [-0.1, -0.05) is 126 Å². The quantitative estimate of drug-likeness (QED) is 0.186. The second-order valence-electron chi connectivity index (χ2n) is 9.19. The van der Waals surface area contributed by atoms with Crippen LogP contribution in [0.1, 0.15) is 23.0 Å². The normalized spacial score (nSPS) is 26.9. The molecule has 2 aliphatic rings. The molecule has 5 rings (SSSR count). The van der Waals surface area contributed by atoms with Crippen LogP contribution < -0.4 is 0 Å². The van der Waals surface area contributed by atoms with E-state index >= 15 is 0 Å². The molecule has 1 N–H and O–H groups in total. The van der Waals surface area contributed by atoms with Gasteiger partial charge >= 0.3 is 0 Å². The molecule has 2 saturated heterocycles. The van der Waals surface area contributed by atoms with Crippen LogP contribution in [0.5, 0.6) is 0 Å². The molecule has 3 aromatic carbocycles. The van der Waals surface area contributed by atoms with Crippen LogP contribution in [0.4, 0.5) is 0 Å². The zero-order valence-corrected chi connectivity index (χ0v) is 23.1. The van der Waals surface area contributed by atoms with E-state index in [0.29, 0.717) is 0 Å². The van der Waals surface area contributed by atoms with Gasteiger partial charge in [0.1, 0.15) is 24.4 Å². The van der Waals surface area contributed by atoms with E-state index in [2.05, 4.69) is 0 Å². The molecule has 0 spiro atoms. The lowest BCUT2D eigenvalue weighted by atomic mass is 9.97. The number of fused-ring (bicyclic) bond motifs is 1. The minimum absolute atomic E-state index is 0.196. The van der Waals surface area contributed by atoms with Crippen molar-refractivity contribution >= 4 is 40.7 Å². The highest BCUT2D eigenvalue weighted by Crippen LogP contribution is 2.38. The van der Waals surface area contributed by atoms with E-state index < -0.39 is 46.7 Å². The number of ether oxygens (including phenoxy) is 6. The highest BCUT2D eigenvalue weighted by atomic mass is 35.6. The van der Waals surface area contributed by atoms with Gasteiger partial charge < -0.3 is 28.4 Å². The van der Waals surface area contributed by atoms with Gasteiger partial charge in [0.2, 0.25) is 12.2 Å². The van der Waals surface area contributed by atoms with Gasteiger partial charge in [0.15, 0.2) is 6.29 Å². The fourth-order valence-corrected chi connectivity index (χ4v) is 4.64. The topological polar surface area (TPSA) is 79.2 Å². The summed E-state index contributed by atoms with van der Waals surface area (Å²) in [6, 6.07) is 29.1. The predicted molar refractivity (Wildman–Crippen MR) is 148 cm³/mol. The Morgan fingerprint density at radius 3 is 1.87 bits per heavy atom. The molecule has 0 aromatic heterocycles. The molecular weight excluding hydrogens is 565 g/mol. The lowest BCUT2D eigenvalue weighted by molar-refractivity contribution is -0.363. The van der Waals surface area contributed by atoms with Crippen LogP contribution in [0.2, 0.25) is 0 Å². The van der Waals surface area contributed by atoms with Crippen LogP contribution in [0, 0.1) is 5.41 Å². The molecule has 0 radical (unpaired) electrons. The molecule has 206 valence electrons. The summed E-state index contributed by atoms with van der Waals surface area (Å²) < 4.78 is 35.2. The van der Waals surface area contributed by atoms with E-state index in [1.54, 1.807) is 0 Å². The second-order valence-corrected chi connectivity index (χ2v) is 11.5.